The number of hydrogen-bond acceptors (Lipinski definition) is 6. The van der Waals surface area contributed by atoms with Crippen molar-refractivity contribution in [3.05, 3.63) is 89.8 Å². The number of methoxy groups -OCH3 is 1. The van der Waals surface area contributed by atoms with E-state index in [2.05, 4.69) is 20.3 Å². The minimum Gasteiger partial charge on any atom is -0.496 e. The van der Waals surface area contributed by atoms with Crippen LogP contribution in [0.1, 0.15) is 5.56 Å². The van der Waals surface area contributed by atoms with Gasteiger partial charge in [-0.1, -0.05) is 41.1 Å². The molecule has 2 N–H and O–H groups in total. The molecule has 1 unspecified atom stereocenters. The molecule has 1 atom stereocenters. The lowest BCUT2D eigenvalue weighted by Gasteiger charge is -2.31. The second-order valence-electron chi connectivity index (χ2n) is 7.83. The summed E-state index contributed by atoms with van der Waals surface area (Å²) in [5.74, 6) is 0.695. The Hall–Kier alpha value is -3.88. The maximum absolute atomic E-state index is 11.4. The minimum atomic E-state index is -0.898. The van der Waals surface area contributed by atoms with Crippen molar-refractivity contribution < 1.29 is 9.84 Å². The van der Waals surface area contributed by atoms with Crippen molar-refractivity contribution in [2.75, 3.05) is 12.0 Å². The summed E-state index contributed by atoms with van der Waals surface area (Å²) in [6, 6.07) is 21.0. The molecule has 0 saturated carbocycles. The second-order valence-corrected chi connectivity index (χ2v) is 8.26. The van der Waals surface area contributed by atoms with Gasteiger partial charge in [0.15, 0.2) is 0 Å². The lowest BCUT2D eigenvalue weighted by molar-refractivity contribution is 0.142. The van der Waals surface area contributed by atoms with Crippen LogP contribution in [0.2, 0.25) is 5.02 Å². The minimum absolute atomic E-state index is 0.227. The zero-order valence-electron chi connectivity index (χ0n) is 18.5. The zero-order valence-corrected chi connectivity index (χ0v) is 19.2. The van der Waals surface area contributed by atoms with Gasteiger partial charge in [-0.3, -0.25) is 0 Å². The summed E-state index contributed by atoms with van der Waals surface area (Å²) < 4.78 is 7.25. The summed E-state index contributed by atoms with van der Waals surface area (Å²) in [7, 11) is 1.62. The lowest BCUT2D eigenvalue weighted by atomic mass is 10.1. The number of aromatic nitrogens is 5. The molecule has 5 aromatic rings. The van der Waals surface area contributed by atoms with E-state index in [9.17, 15) is 5.11 Å². The van der Waals surface area contributed by atoms with Crippen LogP contribution in [0.25, 0.3) is 22.3 Å². The number of aliphatic hydroxyl groups excluding tert-OH is 1. The van der Waals surface area contributed by atoms with Crippen molar-refractivity contribution in [2.45, 2.75) is 19.3 Å². The van der Waals surface area contributed by atoms with Gasteiger partial charge in [0.2, 0.25) is 0 Å². The second kappa shape index (κ2) is 9.54. The third kappa shape index (κ3) is 4.46. The van der Waals surface area contributed by atoms with Crippen molar-refractivity contribution in [2.24, 2.45) is 0 Å². The molecule has 0 aliphatic heterocycles. The molecule has 0 spiro atoms. The average molecular weight is 475 g/mol. The first-order valence-electron chi connectivity index (χ1n) is 10.8. The van der Waals surface area contributed by atoms with Crippen molar-refractivity contribution in [3.63, 3.8) is 0 Å². The summed E-state index contributed by atoms with van der Waals surface area (Å²) in [6.07, 6.45) is 2.59. The van der Waals surface area contributed by atoms with Crippen LogP contribution in [0.4, 0.5) is 5.69 Å². The maximum atomic E-state index is 11.4. The predicted octanol–water partition coefficient (Wildman–Crippen LogP) is 4.51. The van der Waals surface area contributed by atoms with Crippen LogP contribution in [0.5, 0.6) is 5.75 Å². The first kappa shape index (κ1) is 21.9. The van der Waals surface area contributed by atoms with E-state index in [-0.39, 0.29) is 6.54 Å². The number of imidazole rings is 1. The summed E-state index contributed by atoms with van der Waals surface area (Å²) >= 11 is 6.27. The largest absolute Gasteiger partial charge is 0.496 e. The number of nitrogens with one attached hydrogen (secondary N) is 1. The fraction of sp³-hybridized carbons (Fsp3) is 0.160. The SMILES string of the molecule is COc1ccc(Cl)cc1CN(c1ccc(-c2c[nH]cn2)cc1)C(O)Cn1nnc2ccccc21. The van der Waals surface area contributed by atoms with E-state index in [4.69, 9.17) is 16.3 Å². The van der Waals surface area contributed by atoms with E-state index >= 15 is 0 Å². The summed E-state index contributed by atoms with van der Waals surface area (Å²) in [6.45, 7) is 0.601. The quantitative estimate of drug-likeness (QED) is 0.321. The molecule has 2 heterocycles. The van der Waals surface area contributed by atoms with Crippen molar-refractivity contribution >= 4 is 28.3 Å². The van der Waals surface area contributed by atoms with E-state index in [1.165, 1.54) is 0 Å². The van der Waals surface area contributed by atoms with Gasteiger partial charge in [-0.25, -0.2) is 9.67 Å². The first-order valence-corrected chi connectivity index (χ1v) is 11.1. The van der Waals surface area contributed by atoms with Gasteiger partial charge in [0.1, 0.15) is 17.5 Å². The molecule has 0 fully saturated rings. The number of aliphatic hydroxyl groups is 1. The summed E-state index contributed by atoms with van der Waals surface area (Å²) in [5.41, 5.74) is 5.15. The monoisotopic (exact) mass is 474 g/mol. The highest BCUT2D eigenvalue weighted by atomic mass is 35.5. The normalized spacial score (nSPS) is 12.1. The topological polar surface area (TPSA) is 92.1 Å². The summed E-state index contributed by atoms with van der Waals surface area (Å²) in [4.78, 5) is 9.16. The van der Waals surface area contributed by atoms with E-state index < -0.39 is 6.23 Å². The van der Waals surface area contributed by atoms with Gasteiger partial charge in [-0.05, 0) is 42.5 Å². The Balaban J connectivity index is 1.49. The number of para-hydroxylation sites is 1. The smallest absolute Gasteiger partial charge is 0.147 e. The lowest BCUT2D eigenvalue weighted by Crippen LogP contribution is -2.38. The fourth-order valence-electron chi connectivity index (χ4n) is 3.97. The Labute approximate surface area is 201 Å². The first-order chi connectivity index (χ1) is 16.6. The van der Waals surface area contributed by atoms with E-state index in [1.807, 2.05) is 71.8 Å². The van der Waals surface area contributed by atoms with E-state index in [1.54, 1.807) is 24.2 Å². The molecule has 2 aromatic heterocycles. The molecule has 5 rings (SSSR count). The Kier molecular flexibility index (Phi) is 6.16. The van der Waals surface area contributed by atoms with Crippen LogP contribution in [-0.4, -0.2) is 43.4 Å². The Morgan fingerprint density at radius 3 is 2.71 bits per heavy atom. The molecule has 0 radical (unpaired) electrons. The average Bonchev–Trinajstić information content (AvgIpc) is 3.54. The van der Waals surface area contributed by atoms with Crippen molar-refractivity contribution in [1.82, 2.24) is 25.0 Å². The molecular weight excluding hydrogens is 452 g/mol. The highest BCUT2D eigenvalue weighted by Gasteiger charge is 2.21. The van der Waals surface area contributed by atoms with Gasteiger partial charge < -0.3 is 19.7 Å². The molecular formula is C25H23ClN6O2. The van der Waals surface area contributed by atoms with Gasteiger partial charge in [0, 0.05) is 34.6 Å². The highest BCUT2D eigenvalue weighted by Crippen LogP contribution is 2.29. The molecule has 0 bridgehead atoms. The molecule has 0 amide bonds. The van der Waals surface area contributed by atoms with Crippen molar-refractivity contribution in [1.29, 1.82) is 0 Å². The number of anilines is 1. The molecule has 8 nitrogen and oxygen atoms in total. The van der Waals surface area contributed by atoms with Crippen molar-refractivity contribution in [3.8, 4) is 17.0 Å². The number of H-pyrrole nitrogens is 1. The predicted molar refractivity (Wildman–Crippen MR) is 132 cm³/mol. The Morgan fingerprint density at radius 1 is 1.12 bits per heavy atom. The number of ether oxygens (including phenoxy) is 1. The number of fused-ring (bicyclic) bond motifs is 1. The third-order valence-corrected chi connectivity index (χ3v) is 5.93. The number of rotatable bonds is 8. The number of hydrogen-bond donors (Lipinski definition) is 2. The van der Waals surface area contributed by atoms with Crippen LogP contribution < -0.4 is 9.64 Å². The zero-order chi connectivity index (χ0) is 23.5. The van der Waals surface area contributed by atoms with Crippen LogP contribution in [0.3, 0.4) is 0 Å². The number of benzene rings is 3. The van der Waals surface area contributed by atoms with Crippen LogP contribution in [0, 0.1) is 0 Å². The summed E-state index contributed by atoms with van der Waals surface area (Å²) in [5, 5.41) is 20.4. The maximum Gasteiger partial charge on any atom is 0.147 e. The van der Waals surface area contributed by atoms with Gasteiger partial charge in [0.05, 0.1) is 31.2 Å². The molecule has 0 aliphatic carbocycles. The van der Waals surface area contributed by atoms with Gasteiger partial charge in [-0.2, -0.15) is 0 Å². The van der Waals surface area contributed by atoms with Gasteiger partial charge in [-0.15, -0.1) is 5.10 Å². The van der Waals surface area contributed by atoms with E-state index in [0.29, 0.717) is 17.3 Å². The van der Waals surface area contributed by atoms with Crippen LogP contribution in [-0.2, 0) is 13.1 Å². The molecule has 0 aliphatic rings. The Bertz CT molecular complexity index is 1380. The fourth-order valence-corrected chi connectivity index (χ4v) is 4.16. The van der Waals surface area contributed by atoms with Crippen LogP contribution in [0.15, 0.2) is 79.3 Å². The standard InChI is InChI=1S/C25H23ClN6O2/c1-34-24-11-8-19(26)12-18(24)14-31(20-9-6-17(7-10-20)22-13-27-16-28-22)25(33)15-32-23-5-3-2-4-21(23)29-30-32/h2-13,16,25,33H,14-15H2,1H3,(H,27,28). The molecule has 172 valence electrons. The number of nitrogens with zero attached hydrogens (tertiary/aromatic N) is 5. The van der Waals surface area contributed by atoms with Crippen LogP contribution >= 0.6 is 11.6 Å². The highest BCUT2D eigenvalue weighted by molar-refractivity contribution is 6.30. The number of aromatic amines is 1. The Morgan fingerprint density at radius 2 is 1.94 bits per heavy atom. The van der Waals surface area contributed by atoms with Gasteiger partial charge in [0.25, 0.3) is 0 Å². The molecule has 9 heteroatoms. The molecule has 34 heavy (non-hydrogen) atoms. The molecule has 3 aromatic carbocycles. The molecule has 0 saturated heterocycles. The van der Waals surface area contributed by atoms with E-state index in [0.717, 1.165) is 33.5 Å². The number of halogens is 1. The van der Waals surface area contributed by atoms with Gasteiger partial charge >= 0.3 is 0 Å². The third-order valence-electron chi connectivity index (χ3n) is 5.69.